The van der Waals surface area contributed by atoms with E-state index in [0.29, 0.717) is 16.2 Å². The minimum atomic E-state index is -2.61. The Morgan fingerprint density at radius 3 is 2.56 bits per heavy atom. The Hall–Kier alpha value is -1.23. The summed E-state index contributed by atoms with van der Waals surface area (Å²) in [5.74, 6) is -0.228. The Bertz CT molecular complexity index is 549. The number of pyridine rings is 1. The fourth-order valence-corrected chi connectivity index (χ4v) is 2.31. The van der Waals surface area contributed by atoms with Gasteiger partial charge in [-0.3, -0.25) is 0 Å². The van der Waals surface area contributed by atoms with E-state index in [1.165, 1.54) is 6.20 Å². The molecule has 0 saturated heterocycles. The van der Waals surface area contributed by atoms with Crippen LogP contribution in [0, 0.1) is 0 Å². The molecule has 0 aliphatic heterocycles. The lowest BCUT2D eigenvalue weighted by Crippen LogP contribution is -2.11. The summed E-state index contributed by atoms with van der Waals surface area (Å²) >= 11 is 5.88. The number of hydrogen-bond donors (Lipinski definition) is 0. The van der Waals surface area contributed by atoms with Gasteiger partial charge in [-0.05, 0) is 18.9 Å². The van der Waals surface area contributed by atoms with Gasteiger partial charge >= 0.3 is 0 Å². The van der Waals surface area contributed by atoms with E-state index in [-0.39, 0.29) is 11.9 Å². The maximum atomic E-state index is 13.1. The summed E-state index contributed by atoms with van der Waals surface area (Å²) in [4.78, 5) is 7.91. The molecule has 2 rings (SSSR count). The van der Waals surface area contributed by atoms with Crippen LogP contribution in [0.4, 0.5) is 8.78 Å². The van der Waals surface area contributed by atoms with Gasteiger partial charge in [0.15, 0.2) is 11.5 Å². The highest BCUT2D eigenvalue weighted by Crippen LogP contribution is 2.30. The molecule has 0 aliphatic carbocycles. The lowest BCUT2D eigenvalue weighted by molar-refractivity contribution is 0.133. The summed E-state index contributed by atoms with van der Waals surface area (Å²) in [7, 11) is 0. The fourth-order valence-electron chi connectivity index (χ4n) is 2.16. The van der Waals surface area contributed by atoms with E-state index < -0.39 is 6.43 Å². The lowest BCUT2D eigenvalue weighted by Gasteiger charge is -2.18. The van der Waals surface area contributed by atoms with Gasteiger partial charge in [0.2, 0.25) is 0 Å². The summed E-state index contributed by atoms with van der Waals surface area (Å²) in [6.07, 6.45) is 0.324. The van der Waals surface area contributed by atoms with Crippen LogP contribution >= 0.6 is 11.6 Å². The standard InChI is InChI=1S/C12H14ClF2N3/c1-3-8(4-2)18-9-5-7(13)6-16-11(9)17-12(18)10(14)15/h5-6,8,10H,3-4H2,1-2H3. The number of rotatable bonds is 4. The van der Waals surface area contributed by atoms with Crippen LogP contribution in [-0.2, 0) is 0 Å². The van der Waals surface area contributed by atoms with Crippen molar-refractivity contribution < 1.29 is 8.78 Å². The van der Waals surface area contributed by atoms with Crippen LogP contribution in [0.25, 0.3) is 11.2 Å². The molecular formula is C12H14ClF2N3. The van der Waals surface area contributed by atoms with Crippen molar-refractivity contribution >= 4 is 22.8 Å². The monoisotopic (exact) mass is 273 g/mol. The minimum Gasteiger partial charge on any atom is -0.319 e. The van der Waals surface area contributed by atoms with Gasteiger partial charge in [-0.15, -0.1) is 0 Å². The zero-order chi connectivity index (χ0) is 13.3. The van der Waals surface area contributed by atoms with Crippen LogP contribution < -0.4 is 0 Å². The molecule has 0 fully saturated rings. The first kappa shape index (κ1) is 13.2. The van der Waals surface area contributed by atoms with Crippen molar-refractivity contribution in [3.63, 3.8) is 0 Å². The summed E-state index contributed by atoms with van der Waals surface area (Å²) in [5, 5.41) is 0.426. The van der Waals surface area contributed by atoms with Gasteiger partial charge in [0.25, 0.3) is 6.43 Å². The quantitative estimate of drug-likeness (QED) is 0.827. The molecule has 0 atom stereocenters. The molecule has 0 N–H and O–H groups in total. The molecular weight excluding hydrogens is 260 g/mol. The average molecular weight is 274 g/mol. The van der Waals surface area contributed by atoms with Crippen molar-refractivity contribution in [3.05, 3.63) is 23.1 Å². The van der Waals surface area contributed by atoms with Crippen LogP contribution in [0.3, 0.4) is 0 Å². The second-order valence-electron chi connectivity index (χ2n) is 4.11. The summed E-state index contributed by atoms with van der Waals surface area (Å²) in [6, 6.07) is 1.63. The molecule has 2 aromatic heterocycles. The Kier molecular flexibility index (Phi) is 3.80. The SMILES string of the molecule is CCC(CC)n1c(C(F)F)nc2ncc(Cl)cc21. The van der Waals surface area contributed by atoms with E-state index in [2.05, 4.69) is 9.97 Å². The summed E-state index contributed by atoms with van der Waals surface area (Å²) in [5.41, 5.74) is 0.896. The van der Waals surface area contributed by atoms with Gasteiger partial charge in [0.1, 0.15) is 0 Å². The fraction of sp³-hybridized carbons (Fsp3) is 0.500. The maximum Gasteiger partial charge on any atom is 0.295 e. The van der Waals surface area contributed by atoms with Gasteiger partial charge in [0, 0.05) is 12.2 Å². The minimum absolute atomic E-state index is 0.0146. The molecule has 2 aromatic rings. The maximum absolute atomic E-state index is 13.1. The van der Waals surface area contributed by atoms with Crippen LogP contribution in [0.15, 0.2) is 12.3 Å². The summed E-state index contributed by atoms with van der Waals surface area (Å²) in [6.45, 7) is 3.93. The third-order valence-electron chi connectivity index (χ3n) is 3.04. The third-order valence-corrected chi connectivity index (χ3v) is 3.25. The molecule has 0 radical (unpaired) electrons. The molecule has 0 aromatic carbocycles. The van der Waals surface area contributed by atoms with Crippen LogP contribution in [0.1, 0.15) is 45.0 Å². The first-order chi connectivity index (χ1) is 8.58. The molecule has 0 amide bonds. The number of hydrogen-bond acceptors (Lipinski definition) is 2. The van der Waals surface area contributed by atoms with Crippen LogP contribution in [-0.4, -0.2) is 14.5 Å². The smallest absolute Gasteiger partial charge is 0.295 e. The average Bonchev–Trinajstić information content (AvgIpc) is 2.70. The van der Waals surface area contributed by atoms with Gasteiger partial charge in [0.05, 0.1) is 10.5 Å². The van der Waals surface area contributed by atoms with Crippen LogP contribution in [0.2, 0.25) is 5.02 Å². The zero-order valence-electron chi connectivity index (χ0n) is 10.2. The van der Waals surface area contributed by atoms with Gasteiger partial charge in [-0.25, -0.2) is 18.7 Å². The number of aromatic nitrogens is 3. The van der Waals surface area contributed by atoms with Crippen molar-refractivity contribution in [3.8, 4) is 0 Å². The molecule has 0 unspecified atom stereocenters. The van der Waals surface area contributed by atoms with E-state index >= 15 is 0 Å². The topological polar surface area (TPSA) is 30.7 Å². The Morgan fingerprint density at radius 2 is 2.00 bits per heavy atom. The summed E-state index contributed by atoms with van der Waals surface area (Å²) < 4.78 is 27.7. The predicted octanol–water partition coefficient (Wildman–Crippen LogP) is 4.38. The van der Waals surface area contributed by atoms with E-state index in [1.807, 2.05) is 13.8 Å². The first-order valence-corrected chi connectivity index (χ1v) is 6.27. The Morgan fingerprint density at radius 1 is 1.33 bits per heavy atom. The Balaban J connectivity index is 2.71. The van der Waals surface area contributed by atoms with E-state index in [1.54, 1.807) is 10.6 Å². The number of fused-ring (bicyclic) bond motifs is 1. The largest absolute Gasteiger partial charge is 0.319 e. The van der Waals surface area contributed by atoms with Crippen LogP contribution in [0.5, 0.6) is 0 Å². The predicted molar refractivity (Wildman–Crippen MR) is 67.1 cm³/mol. The molecule has 3 nitrogen and oxygen atoms in total. The molecule has 98 valence electrons. The molecule has 0 bridgehead atoms. The molecule has 0 aliphatic rings. The molecule has 2 heterocycles. The van der Waals surface area contributed by atoms with Gasteiger partial charge in [-0.2, -0.15) is 0 Å². The highest BCUT2D eigenvalue weighted by Gasteiger charge is 2.23. The van der Waals surface area contributed by atoms with Crippen molar-refractivity contribution in [2.45, 2.75) is 39.2 Å². The van der Waals surface area contributed by atoms with E-state index in [0.717, 1.165) is 12.8 Å². The zero-order valence-corrected chi connectivity index (χ0v) is 11.0. The molecule has 18 heavy (non-hydrogen) atoms. The highest BCUT2D eigenvalue weighted by atomic mass is 35.5. The van der Waals surface area contributed by atoms with Crippen molar-refractivity contribution in [2.75, 3.05) is 0 Å². The van der Waals surface area contributed by atoms with Crippen molar-refractivity contribution in [2.24, 2.45) is 0 Å². The Labute approximate surface area is 109 Å². The van der Waals surface area contributed by atoms with Crippen molar-refractivity contribution in [1.82, 2.24) is 14.5 Å². The molecule has 0 saturated carbocycles. The van der Waals surface area contributed by atoms with Gasteiger partial charge in [-0.1, -0.05) is 25.4 Å². The van der Waals surface area contributed by atoms with E-state index in [4.69, 9.17) is 11.6 Å². The second kappa shape index (κ2) is 5.18. The second-order valence-corrected chi connectivity index (χ2v) is 4.54. The molecule has 6 heteroatoms. The highest BCUT2D eigenvalue weighted by molar-refractivity contribution is 6.31. The number of halogens is 3. The third kappa shape index (κ3) is 2.19. The molecule has 0 spiro atoms. The van der Waals surface area contributed by atoms with Gasteiger partial charge < -0.3 is 4.57 Å². The lowest BCUT2D eigenvalue weighted by atomic mass is 10.1. The first-order valence-electron chi connectivity index (χ1n) is 5.90. The van der Waals surface area contributed by atoms with E-state index in [9.17, 15) is 8.78 Å². The number of imidazole rings is 1. The number of alkyl halides is 2. The number of nitrogens with zero attached hydrogens (tertiary/aromatic N) is 3. The normalized spacial score (nSPS) is 11.9. The van der Waals surface area contributed by atoms with Crippen molar-refractivity contribution in [1.29, 1.82) is 0 Å².